The largest absolute Gasteiger partial charge is 0.464 e. The van der Waals surface area contributed by atoms with Crippen molar-refractivity contribution >= 4 is 5.97 Å². The van der Waals surface area contributed by atoms with Crippen LogP contribution in [-0.2, 0) is 9.53 Å². The van der Waals surface area contributed by atoms with Crippen molar-refractivity contribution in [1.29, 1.82) is 0 Å². The molecular weight excluding hydrogens is 168 g/mol. The van der Waals surface area contributed by atoms with Gasteiger partial charge in [0.1, 0.15) is 5.70 Å². The lowest BCUT2D eigenvalue weighted by Crippen LogP contribution is -2.36. The molecule has 13 heavy (non-hydrogen) atoms. The first-order chi connectivity index (χ1) is 6.33. The molecule has 2 heterocycles. The number of allylic oxidation sites excluding steroid dienone is 2. The SMILES string of the molecule is COC(=O)C1=CC=CN2C=CCN12. The van der Waals surface area contributed by atoms with Gasteiger partial charge in [-0.1, -0.05) is 0 Å². The standard InChI is InChI=1S/C9H10N2O2/c1-13-9(12)8-4-2-5-10-6-3-7-11(8)10/h2-6H,7H2,1H3. The molecule has 0 N–H and O–H groups in total. The van der Waals surface area contributed by atoms with E-state index < -0.39 is 0 Å². The summed E-state index contributed by atoms with van der Waals surface area (Å²) in [5, 5.41) is 3.69. The number of nitrogens with zero attached hydrogens (tertiary/aromatic N) is 2. The molecule has 0 bridgehead atoms. The number of carbonyl (C=O) groups is 1. The van der Waals surface area contributed by atoms with Crippen molar-refractivity contribution in [2.75, 3.05) is 13.7 Å². The maximum atomic E-state index is 11.3. The van der Waals surface area contributed by atoms with Gasteiger partial charge in [-0.15, -0.1) is 0 Å². The summed E-state index contributed by atoms with van der Waals surface area (Å²) in [5.41, 5.74) is 0.565. The maximum absolute atomic E-state index is 11.3. The van der Waals surface area contributed by atoms with Gasteiger partial charge in [0.2, 0.25) is 0 Å². The Morgan fingerprint density at radius 3 is 3.15 bits per heavy atom. The van der Waals surface area contributed by atoms with Gasteiger partial charge in [0.05, 0.1) is 13.7 Å². The molecular formula is C9H10N2O2. The third-order valence-corrected chi connectivity index (χ3v) is 1.98. The molecule has 0 atom stereocenters. The van der Waals surface area contributed by atoms with Crippen LogP contribution in [0, 0.1) is 0 Å². The van der Waals surface area contributed by atoms with Crippen LogP contribution < -0.4 is 0 Å². The van der Waals surface area contributed by atoms with Gasteiger partial charge in [0, 0.05) is 12.4 Å². The molecule has 0 unspecified atom stereocenters. The molecule has 0 amide bonds. The van der Waals surface area contributed by atoms with Crippen molar-refractivity contribution in [3.63, 3.8) is 0 Å². The Morgan fingerprint density at radius 1 is 1.54 bits per heavy atom. The van der Waals surface area contributed by atoms with E-state index in [0.717, 1.165) is 0 Å². The molecule has 68 valence electrons. The summed E-state index contributed by atoms with van der Waals surface area (Å²) >= 11 is 0. The van der Waals surface area contributed by atoms with Gasteiger partial charge in [-0.25, -0.2) is 4.79 Å². The predicted molar refractivity (Wildman–Crippen MR) is 46.9 cm³/mol. The van der Waals surface area contributed by atoms with Gasteiger partial charge in [0.15, 0.2) is 0 Å². The van der Waals surface area contributed by atoms with E-state index in [-0.39, 0.29) is 5.97 Å². The molecule has 0 saturated carbocycles. The fourth-order valence-corrected chi connectivity index (χ4v) is 1.37. The van der Waals surface area contributed by atoms with E-state index in [4.69, 9.17) is 0 Å². The highest BCUT2D eigenvalue weighted by Gasteiger charge is 2.24. The Morgan fingerprint density at radius 2 is 2.38 bits per heavy atom. The van der Waals surface area contributed by atoms with Crippen LogP contribution in [0.15, 0.2) is 36.3 Å². The van der Waals surface area contributed by atoms with Gasteiger partial charge in [-0.3, -0.25) is 10.0 Å². The highest BCUT2D eigenvalue weighted by molar-refractivity contribution is 5.88. The Kier molecular flexibility index (Phi) is 1.81. The van der Waals surface area contributed by atoms with Crippen molar-refractivity contribution < 1.29 is 9.53 Å². The first-order valence-corrected chi connectivity index (χ1v) is 4.02. The molecule has 4 nitrogen and oxygen atoms in total. The lowest BCUT2D eigenvalue weighted by atomic mass is 10.3. The minimum Gasteiger partial charge on any atom is -0.464 e. The number of hydrogen-bond donors (Lipinski definition) is 0. The molecule has 0 aromatic heterocycles. The van der Waals surface area contributed by atoms with Crippen molar-refractivity contribution in [2.24, 2.45) is 0 Å². The van der Waals surface area contributed by atoms with E-state index in [1.54, 1.807) is 6.08 Å². The molecule has 0 saturated heterocycles. The van der Waals surface area contributed by atoms with Gasteiger partial charge in [-0.2, -0.15) is 0 Å². The highest BCUT2D eigenvalue weighted by Crippen LogP contribution is 2.20. The Balaban J connectivity index is 2.24. The second-order valence-electron chi connectivity index (χ2n) is 2.73. The molecule has 2 rings (SSSR count). The third kappa shape index (κ3) is 1.20. The number of hydrogen-bond acceptors (Lipinski definition) is 4. The van der Waals surface area contributed by atoms with Crippen molar-refractivity contribution in [3.8, 4) is 0 Å². The van der Waals surface area contributed by atoms with Crippen LogP contribution in [0.2, 0.25) is 0 Å². The van der Waals surface area contributed by atoms with Crippen LogP contribution in [0.4, 0.5) is 0 Å². The smallest absolute Gasteiger partial charge is 0.356 e. The van der Waals surface area contributed by atoms with Crippen molar-refractivity contribution in [2.45, 2.75) is 0 Å². The van der Waals surface area contributed by atoms with Crippen LogP contribution >= 0.6 is 0 Å². The summed E-state index contributed by atoms with van der Waals surface area (Å²) < 4.78 is 4.66. The average molecular weight is 178 g/mol. The fraction of sp³-hybridized carbons (Fsp3) is 0.222. The van der Waals surface area contributed by atoms with E-state index in [1.165, 1.54) is 7.11 Å². The number of ether oxygens (including phenoxy) is 1. The van der Waals surface area contributed by atoms with Crippen molar-refractivity contribution in [1.82, 2.24) is 10.0 Å². The first-order valence-electron chi connectivity index (χ1n) is 4.02. The zero-order valence-corrected chi connectivity index (χ0v) is 7.30. The summed E-state index contributed by atoms with van der Waals surface area (Å²) in [6.45, 7) is 0.714. The number of rotatable bonds is 1. The van der Waals surface area contributed by atoms with Crippen molar-refractivity contribution in [3.05, 3.63) is 36.3 Å². The number of carbonyl (C=O) groups excluding carboxylic acids is 1. The average Bonchev–Trinajstić information content (AvgIpc) is 2.63. The number of methoxy groups -OCH3 is 1. The number of esters is 1. The number of fused-ring (bicyclic) bond motifs is 1. The highest BCUT2D eigenvalue weighted by atomic mass is 16.5. The molecule has 0 aromatic rings. The topological polar surface area (TPSA) is 32.8 Å². The van der Waals surface area contributed by atoms with Gasteiger partial charge >= 0.3 is 5.97 Å². The molecule has 0 fully saturated rings. The van der Waals surface area contributed by atoms with Crippen LogP contribution in [0.25, 0.3) is 0 Å². The minimum absolute atomic E-state index is 0.307. The van der Waals surface area contributed by atoms with Crippen LogP contribution in [0.3, 0.4) is 0 Å². The summed E-state index contributed by atoms with van der Waals surface area (Å²) in [5.74, 6) is -0.307. The fourth-order valence-electron chi connectivity index (χ4n) is 1.37. The Bertz CT molecular complexity index is 318. The van der Waals surface area contributed by atoms with Crippen LogP contribution in [0.5, 0.6) is 0 Å². The summed E-state index contributed by atoms with van der Waals surface area (Å²) in [7, 11) is 1.38. The van der Waals surface area contributed by atoms with Gasteiger partial charge in [0.25, 0.3) is 0 Å². The molecule has 2 aliphatic heterocycles. The van der Waals surface area contributed by atoms with E-state index in [1.807, 2.05) is 34.6 Å². The molecule has 2 aliphatic rings. The predicted octanol–water partition coefficient (Wildman–Crippen LogP) is 0.617. The lowest BCUT2D eigenvalue weighted by Gasteiger charge is -2.30. The third-order valence-electron chi connectivity index (χ3n) is 1.98. The number of hydrazine groups is 1. The second-order valence-corrected chi connectivity index (χ2v) is 2.73. The second kappa shape index (κ2) is 2.97. The summed E-state index contributed by atoms with van der Waals surface area (Å²) in [6.07, 6.45) is 9.34. The molecule has 0 aromatic carbocycles. The zero-order valence-electron chi connectivity index (χ0n) is 7.30. The Hall–Kier alpha value is -1.71. The first kappa shape index (κ1) is 7.91. The molecule has 0 aliphatic carbocycles. The maximum Gasteiger partial charge on any atom is 0.356 e. The van der Waals surface area contributed by atoms with E-state index >= 15 is 0 Å². The van der Waals surface area contributed by atoms with Crippen LogP contribution in [0.1, 0.15) is 0 Å². The quantitative estimate of drug-likeness (QED) is 0.551. The summed E-state index contributed by atoms with van der Waals surface area (Å²) in [6, 6.07) is 0. The molecule has 4 heteroatoms. The monoisotopic (exact) mass is 178 g/mol. The Labute approximate surface area is 76.3 Å². The molecule has 0 spiro atoms. The molecule has 0 radical (unpaired) electrons. The lowest BCUT2D eigenvalue weighted by molar-refractivity contribution is -0.139. The normalized spacial score (nSPS) is 18.7. The van der Waals surface area contributed by atoms with Gasteiger partial charge < -0.3 is 4.74 Å². The van der Waals surface area contributed by atoms with Crippen LogP contribution in [-0.4, -0.2) is 29.6 Å². The van der Waals surface area contributed by atoms with E-state index in [2.05, 4.69) is 4.74 Å². The van der Waals surface area contributed by atoms with E-state index in [0.29, 0.717) is 12.2 Å². The summed E-state index contributed by atoms with van der Waals surface area (Å²) in [4.78, 5) is 11.3. The zero-order chi connectivity index (χ0) is 9.26. The van der Waals surface area contributed by atoms with E-state index in [9.17, 15) is 4.79 Å². The minimum atomic E-state index is -0.307. The van der Waals surface area contributed by atoms with Gasteiger partial charge in [-0.05, 0) is 18.2 Å².